The van der Waals surface area contributed by atoms with Crippen LogP contribution in [-0.4, -0.2) is 17.5 Å². The molecule has 1 aromatic heterocycles. The Hall–Kier alpha value is -3.60. The highest BCUT2D eigenvalue weighted by Gasteiger charge is 2.12. The molecule has 0 aliphatic rings. The van der Waals surface area contributed by atoms with Gasteiger partial charge in [0.1, 0.15) is 11.3 Å². The SMILES string of the molecule is CCOc1ccc(CC(=O)Nc2ccc3nc(-c4ccccc4C)oc3c2)cc1. The largest absolute Gasteiger partial charge is 0.494 e. The molecule has 3 aromatic carbocycles. The van der Waals surface area contributed by atoms with E-state index in [4.69, 9.17) is 9.15 Å². The summed E-state index contributed by atoms with van der Waals surface area (Å²) in [5, 5.41) is 2.92. The lowest BCUT2D eigenvalue weighted by Crippen LogP contribution is -2.14. The fourth-order valence-corrected chi connectivity index (χ4v) is 3.19. The van der Waals surface area contributed by atoms with Crippen molar-refractivity contribution < 1.29 is 13.9 Å². The van der Waals surface area contributed by atoms with E-state index in [1.54, 1.807) is 6.07 Å². The van der Waals surface area contributed by atoms with Crippen LogP contribution < -0.4 is 10.1 Å². The molecule has 4 aromatic rings. The highest BCUT2D eigenvalue weighted by Crippen LogP contribution is 2.28. The van der Waals surface area contributed by atoms with Crippen molar-refractivity contribution in [2.24, 2.45) is 0 Å². The number of fused-ring (bicyclic) bond motifs is 1. The summed E-state index contributed by atoms with van der Waals surface area (Å²) in [6.45, 7) is 4.59. The maximum absolute atomic E-state index is 12.4. The summed E-state index contributed by atoms with van der Waals surface area (Å²) in [5.41, 5.74) is 5.07. The molecule has 0 bridgehead atoms. The average Bonchev–Trinajstić information content (AvgIpc) is 3.13. The van der Waals surface area contributed by atoms with Crippen molar-refractivity contribution in [3.05, 3.63) is 77.9 Å². The third-order valence-corrected chi connectivity index (χ3v) is 4.65. The van der Waals surface area contributed by atoms with E-state index in [0.717, 1.165) is 28.0 Å². The van der Waals surface area contributed by atoms with Gasteiger partial charge in [0.2, 0.25) is 11.8 Å². The third kappa shape index (κ3) is 4.29. The molecule has 1 amide bonds. The molecular formula is C24H22N2O3. The van der Waals surface area contributed by atoms with Gasteiger partial charge in [-0.1, -0.05) is 30.3 Å². The highest BCUT2D eigenvalue weighted by molar-refractivity contribution is 5.94. The number of benzene rings is 3. The summed E-state index contributed by atoms with van der Waals surface area (Å²) in [6.07, 6.45) is 0.287. The average molecular weight is 386 g/mol. The maximum atomic E-state index is 12.4. The molecule has 0 radical (unpaired) electrons. The molecule has 146 valence electrons. The first kappa shape index (κ1) is 18.7. The number of ether oxygens (including phenoxy) is 1. The molecule has 0 saturated carbocycles. The number of hydrogen-bond acceptors (Lipinski definition) is 4. The van der Waals surface area contributed by atoms with Crippen molar-refractivity contribution in [2.75, 3.05) is 11.9 Å². The molecule has 0 fully saturated rings. The molecule has 4 rings (SSSR count). The lowest BCUT2D eigenvalue weighted by atomic mass is 10.1. The molecule has 0 saturated heterocycles. The van der Waals surface area contributed by atoms with E-state index >= 15 is 0 Å². The Morgan fingerprint density at radius 2 is 1.86 bits per heavy atom. The van der Waals surface area contributed by atoms with Gasteiger partial charge in [0.25, 0.3) is 0 Å². The van der Waals surface area contributed by atoms with Gasteiger partial charge in [-0.25, -0.2) is 4.98 Å². The zero-order valence-electron chi connectivity index (χ0n) is 16.4. The normalized spacial score (nSPS) is 10.8. The third-order valence-electron chi connectivity index (χ3n) is 4.65. The van der Waals surface area contributed by atoms with Crippen LogP contribution in [0.5, 0.6) is 5.75 Å². The summed E-state index contributed by atoms with van der Waals surface area (Å²) in [6, 6.07) is 21.0. The number of nitrogens with one attached hydrogen (secondary N) is 1. The second-order valence-corrected chi connectivity index (χ2v) is 6.82. The number of aryl methyl sites for hydroxylation is 1. The van der Waals surface area contributed by atoms with Crippen LogP contribution in [0.25, 0.3) is 22.6 Å². The molecule has 5 heteroatoms. The van der Waals surface area contributed by atoms with Crippen LogP contribution in [0.1, 0.15) is 18.1 Å². The van der Waals surface area contributed by atoms with E-state index < -0.39 is 0 Å². The standard InChI is InChI=1S/C24H22N2O3/c1-3-28-19-11-8-17(9-12-19)14-23(27)25-18-10-13-21-22(15-18)29-24(26-21)20-7-5-4-6-16(20)2/h4-13,15H,3,14H2,1-2H3,(H,25,27). The monoisotopic (exact) mass is 386 g/mol. The quantitative estimate of drug-likeness (QED) is 0.483. The predicted molar refractivity (Wildman–Crippen MR) is 114 cm³/mol. The highest BCUT2D eigenvalue weighted by atomic mass is 16.5. The van der Waals surface area contributed by atoms with Gasteiger partial charge in [-0.05, 0) is 55.3 Å². The molecule has 1 N–H and O–H groups in total. The Bertz CT molecular complexity index is 1150. The van der Waals surface area contributed by atoms with Crippen LogP contribution in [-0.2, 0) is 11.2 Å². The van der Waals surface area contributed by atoms with E-state index in [1.807, 2.05) is 74.5 Å². The van der Waals surface area contributed by atoms with E-state index in [1.165, 1.54) is 0 Å². The van der Waals surface area contributed by atoms with Crippen molar-refractivity contribution in [1.29, 1.82) is 0 Å². The number of oxazole rings is 1. The number of anilines is 1. The molecule has 0 unspecified atom stereocenters. The van der Waals surface area contributed by atoms with Crippen LogP contribution in [0.2, 0.25) is 0 Å². The minimum absolute atomic E-state index is 0.0906. The second kappa shape index (κ2) is 8.19. The fraction of sp³-hybridized carbons (Fsp3) is 0.167. The number of nitrogens with zero attached hydrogens (tertiary/aromatic N) is 1. The Kier molecular flexibility index (Phi) is 5.29. The first-order valence-electron chi connectivity index (χ1n) is 9.60. The van der Waals surface area contributed by atoms with Crippen LogP contribution in [0.4, 0.5) is 5.69 Å². The summed E-state index contributed by atoms with van der Waals surface area (Å²) in [4.78, 5) is 17.0. The molecule has 0 atom stereocenters. The van der Waals surface area contributed by atoms with Crippen LogP contribution in [0.3, 0.4) is 0 Å². The molecule has 0 aliphatic heterocycles. The summed E-state index contributed by atoms with van der Waals surface area (Å²) in [5.74, 6) is 1.29. The Labute approximate surface area is 169 Å². The zero-order valence-corrected chi connectivity index (χ0v) is 16.4. The minimum Gasteiger partial charge on any atom is -0.494 e. The molecular weight excluding hydrogens is 364 g/mol. The smallest absolute Gasteiger partial charge is 0.228 e. The summed E-state index contributed by atoms with van der Waals surface area (Å²) < 4.78 is 11.4. The minimum atomic E-state index is -0.0906. The van der Waals surface area contributed by atoms with Gasteiger partial charge < -0.3 is 14.5 Å². The van der Waals surface area contributed by atoms with Gasteiger partial charge >= 0.3 is 0 Å². The van der Waals surface area contributed by atoms with Gasteiger partial charge in [-0.15, -0.1) is 0 Å². The topological polar surface area (TPSA) is 64.4 Å². The molecule has 0 spiro atoms. The van der Waals surface area contributed by atoms with Crippen molar-refractivity contribution in [1.82, 2.24) is 4.98 Å². The second-order valence-electron chi connectivity index (χ2n) is 6.82. The number of carbonyl (C=O) groups excluding carboxylic acids is 1. The van der Waals surface area contributed by atoms with Gasteiger partial charge in [-0.3, -0.25) is 4.79 Å². The van der Waals surface area contributed by atoms with E-state index in [0.29, 0.717) is 23.8 Å². The lowest BCUT2D eigenvalue weighted by molar-refractivity contribution is -0.115. The van der Waals surface area contributed by atoms with Gasteiger partial charge in [0.15, 0.2) is 5.58 Å². The Morgan fingerprint density at radius 3 is 2.62 bits per heavy atom. The van der Waals surface area contributed by atoms with Crippen molar-refractivity contribution in [3.8, 4) is 17.2 Å². The molecule has 0 aliphatic carbocycles. The van der Waals surface area contributed by atoms with Crippen molar-refractivity contribution >= 4 is 22.7 Å². The number of aromatic nitrogens is 1. The first-order chi connectivity index (χ1) is 14.1. The Balaban J connectivity index is 1.48. The number of carbonyl (C=O) groups is 1. The van der Waals surface area contributed by atoms with Gasteiger partial charge in [-0.2, -0.15) is 0 Å². The lowest BCUT2D eigenvalue weighted by Gasteiger charge is -2.06. The molecule has 29 heavy (non-hydrogen) atoms. The number of amides is 1. The summed E-state index contributed by atoms with van der Waals surface area (Å²) in [7, 11) is 0. The Morgan fingerprint density at radius 1 is 1.07 bits per heavy atom. The summed E-state index contributed by atoms with van der Waals surface area (Å²) >= 11 is 0. The predicted octanol–water partition coefficient (Wildman–Crippen LogP) is 5.38. The van der Waals surface area contributed by atoms with Crippen LogP contribution in [0.15, 0.2) is 71.1 Å². The zero-order chi connectivity index (χ0) is 20.2. The first-order valence-corrected chi connectivity index (χ1v) is 9.60. The van der Waals surface area contributed by atoms with Crippen LogP contribution >= 0.6 is 0 Å². The van der Waals surface area contributed by atoms with E-state index in [2.05, 4.69) is 10.3 Å². The van der Waals surface area contributed by atoms with Crippen molar-refractivity contribution in [2.45, 2.75) is 20.3 Å². The van der Waals surface area contributed by atoms with Gasteiger partial charge in [0.05, 0.1) is 13.0 Å². The molecule has 5 nitrogen and oxygen atoms in total. The number of hydrogen-bond donors (Lipinski definition) is 1. The molecule has 1 heterocycles. The van der Waals surface area contributed by atoms with Crippen molar-refractivity contribution in [3.63, 3.8) is 0 Å². The van der Waals surface area contributed by atoms with Crippen LogP contribution in [0, 0.1) is 6.92 Å². The maximum Gasteiger partial charge on any atom is 0.228 e. The van der Waals surface area contributed by atoms with Gasteiger partial charge in [0, 0.05) is 17.3 Å². The fourth-order valence-electron chi connectivity index (χ4n) is 3.19. The number of rotatable bonds is 6. The van der Waals surface area contributed by atoms with E-state index in [-0.39, 0.29) is 12.3 Å². The van der Waals surface area contributed by atoms with E-state index in [9.17, 15) is 4.79 Å².